The van der Waals surface area contributed by atoms with Gasteiger partial charge in [-0.2, -0.15) is 11.8 Å². The van der Waals surface area contributed by atoms with Crippen molar-refractivity contribution in [1.29, 1.82) is 0 Å². The van der Waals surface area contributed by atoms with Crippen LogP contribution >= 0.6 is 39.3 Å². The average Bonchev–Trinajstić information content (AvgIpc) is 2.27. The first-order valence-corrected chi connectivity index (χ1v) is 8.06. The molecule has 1 nitrogen and oxygen atoms in total. The summed E-state index contributed by atoms with van der Waals surface area (Å²) in [5.74, 6) is 1.76. The van der Waals surface area contributed by atoms with E-state index >= 15 is 0 Å². The molecule has 0 unspecified atom stereocenters. The Kier molecular flexibility index (Phi) is 4.32. The zero-order valence-corrected chi connectivity index (χ0v) is 13.3. The number of hydrogen-bond donors (Lipinski definition) is 0. The van der Waals surface area contributed by atoms with Gasteiger partial charge in [-0.25, -0.2) is 0 Å². The van der Waals surface area contributed by atoms with Crippen molar-refractivity contribution < 1.29 is 0 Å². The fourth-order valence-corrected chi connectivity index (χ4v) is 3.85. The van der Waals surface area contributed by atoms with Crippen molar-refractivity contribution in [2.24, 2.45) is 0 Å². The summed E-state index contributed by atoms with van der Waals surface area (Å²) in [6, 6.07) is 6.36. The maximum absolute atomic E-state index is 6.03. The maximum atomic E-state index is 6.03. The normalized spacial score (nSPS) is 19.4. The predicted octanol–water partition coefficient (Wildman–Crippen LogP) is 4.52. The Morgan fingerprint density at radius 2 is 2.24 bits per heavy atom. The van der Waals surface area contributed by atoms with Crippen molar-refractivity contribution in [3.05, 3.63) is 28.2 Å². The van der Waals surface area contributed by atoms with E-state index in [1.165, 1.54) is 17.0 Å². The summed E-state index contributed by atoms with van der Waals surface area (Å²) in [5, 5.41) is 0. The van der Waals surface area contributed by atoms with E-state index in [2.05, 4.69) is 64.6 Å². The van der Waals surface area contributed by atoms with Gasteiger partial charge in [-0.1, -0.05) is 22.0 Å². The molecular formula is C13H17BrClNS. The molecule has 1 aromatic carbocycles. The number of benzene rings is 1. The van der Waals surface area contributed by atoms with E-state index in [-0.39, 0.29) is 0 Å². The van der Waals surface area contributed by atoms with Crippen molar-refractivity contribution in [3.8, 4) is 0 Å². The third kappa shape index (κ3) is 3.33. The minimum absolute atomic E-state index is 0.324. The van der Waals surface area contributed by atoms with Gasteiger partial charge in [0.05, 0.1) is 0 Å². The van der Waals surface area contributed by atoms with Crippen molar-refractivity contribution >= 4 is 45.0 Å². The van der Waals surface area contributed by atoms with Gasteiger partial charge in [0.2, 0.25) is 0 Å². The molecule has 1 heterocycles. The number of halogens is 2. The molecule has 0 aliphatic carbocycles. The highest BCUT2D eigenvalue weighted by Gasteiger charge is 2.28. The van der Waals surface area contributed by atoms with Crippen LogP contribution in [-0.4, -0.2) is 23.6 Å². The van der Waals surface area contributed by atoms with Gasteiger partial charge in [-0.3, -0.25) is 0 Å². The van der Waals surface area contributed by atoms with E-state index in [1.54, 1.807) is 0 Å². The molecule has 0 aromatic heterocycles. The molecule has 0 N–H and O–H groups in total. The van der Waals surface area contributed by atoms with Crippen LogP contribution in [0.3, 0.4) is 0 Å². The lowest BCUT2D eigenvalue weighted by Crippen LogP contribution is -2.43. The Hall–Kier alpha value is 0.140. The van der Waals surface area contributed by atoms with Crippen molar-refractivity contribution in [3.63, 3.8) is 0 Å². The summed E-state index contributed by atoms with van der Waals surface area (Å²) >= 11 is 11.6. The highest BCUT2D eigenvalue weighted by Crippen LogP contribution is 2.35. The topological polar surface area (TPSA) is 3.24 Å². The molecule has 17 heavy (non-hydrogen) atoms. The van der Waals surface area contributed by atoms with Crippen LogP contribution in [0.1, 0.15) is 19.4 Å². The monoisotopic (exact) mass is 333 g/mol. The van der Waals surface area contributed by atoms with Crippen LogP contribution in [-0.2, 0) is 5.88 Å². The van der Waals surface area contributed by atoms with Gasteiger partial charge in [0.1, 0.15) is 0 Å². The molecule has 0 saturated carbocycles. The summed E-state index contributed by atoms with van der Waals surface area (Å²) in [5.41, 5.74) is 2.50. The summed E-state index contributed by atoms with van der Waals surface area (Å²) in [4.78, 5) is 2.46. The highest BCUT2D eigenvalue weighted by atomic mass is 79.9. The summed E-state index contributed by atoms with van der Waals surface area (Å²) in [6.45, 7) is 6.80. The summed E-state index contributed by atoms with van der Waals surface area (Å²) in [7, 11) is 0. The fourth-order valence-electron chi connectivity index (χ4n) is 2.17. The smallest absolute Gasteiger partial charge is 0.0494 e. The van der Waals surface area contributed by atoms with Gasteiger partial charge in [0, 0.05) is 39.6 Å². The van der Waals surface area contributed by atoms with Crippen LogP contribution in [0.2, 0.25) is 0 Å². The first-order valence-electron chi connectivity index (χ1n) is 5.75. The molecule has 1 aromatic rings. The lowest BCUT2D eigenvalue weighted by atomic mass is 10.1. The molecule has 0 bridgehead atoms. The average molecular weight is 335 g/mol. The lowest BCUT2D eigenvalue weighted by molar-refractivity contribution is 0.646. The predicted molar refractivity (Wildman–Crippen MR) is 82.4 cm³/mol. The summed E-state index contributed by atoms with van der Waals surface area (Å²) < 4.78 is 1.45. The minimum atomic E-state index is 0.324. The molecule has 0 radical (unpaired) electrons. The number of anilines is 1. The van der Waals surface area contributed by atoms with Crippen LogP contribution in [0, 0.1) is 0 Å². The van der Waals surface area contributed by atoms with Crippen LogP contribution in [0.25, 0.3) is 0 Å². The maximum Gasteiger partial charge on any atom is 0.0494 e. The third-order valence-electron chi connectivity index (χ3n) is 2.96. The first-order chi connectivity index (χ1) is 8.02. The second-order valence-electron chi connectivity index (χ2n) is 4.94. The largest absolute Gasteiger partial charge is 0.369 e. The zero-order valence-electron chi connectivity index (χ0n) is 10.2. The van der Waals surface area contributed by atoms with E-state index in [9.17, 15) is 0 Å². The van der Waals surface area contributed by atoms with Gasteiger partial charge in [0.15, 0.2) is 0 Å². The molecule has 94 valence electrons. The zero-order chi connectivity index (χ0) is 12.5. The lowest BCUT2D eigenvalue weighted by Gasteiger charge is -2.39. The third-order valence-corrected chi connectivity index (χ3v) is 5.04. The van der Waals surface area contributed by atoms with Crippen molar-refractivity contribution in [2.75, 3.05) is 23.7 Å². The SMILES string of the molecule is CC1(C)CN(c2cc(Br)ccc2CCl)CCS1. The fraction of sp³-hybridized carbons (Fsp3) is 0.538. The van der Waals surface area contributed by atoms with E-state index in [1.807, 2.05) is 0 Å². The van der Waals surface area contributed by atoms with Gasteiger partial charge in [0.25, 0.3) is 0 Å². The second-order valence-corrected chi connectivity index (χ2v) is 7.92. The van der Waals surface area contributed by atoms with E-state index < -0.39 is 0 Å². The molecule has 2 rings (SSSR count). The minimum Gasteiger partial charge on any atom is -0.369 e. The number of nitrogens with zero attached hydrogens (tertiary/aromatic N) is 1. The van der Waals surface area contributed by atoms with Crippen LogP contribution in [0.5, 0.6) is 0 Å². The molecule has 1 fully saturated rings. The highest BCUT2D eigenvalue weighted by molar-refractivity contribution is 9.10. The molecule has 1 saturated heterocycles. The standard InChI is InChI=1S/C13H17BrClNS/c1-13(2)9-16(5-6-17-13)12-7-11(14)4-3-10(12)8-15/h3-4,7H,5-6,8-9H2,1-2H3. The van der Waals surface area contributed by atoms with Gasteiger partial charge in [-0.15, -0.1) is 11.6 Å². The van der Waals surface area contributed by atoms with E-state index in [4.69, 9.17) is 11.6 Å². The Morgan fingerprint density at radius 3 is 2.88 bits per heavy atom. The Morgan fingerprint density at radius 1 is 1.47 bits per heavy atom. The van der Waals surface area contributed by atoms with Gasteiger partial charge in [-0.05, 0) is 31.5 Å². The van der Waals surface area contributed by atoms with Gasteiger partial charge < -0.3 is 4.90 Å². The molecule has 0 atom stereocenters. The van der Waals surface area contributed by atoms with Crippen molar-refractivity contribution in [2.45, 2.75) is 24.5 Å². The Bertz CT molecular complexity index is 408. The molecule has 0 amide bonds. The molecule has 1 aliphatic heterocycles. The summed E-state index contributed by atoms with van der Waals surface area (Å²) in [6.07, 6.45) is 0. The van der Waals surface area contributed by atoms with E-state index in [0.717, 1.165) is 17.6 Å². The van der Waals surface area contributed by atoms with Crippen LogP contribution < -0.4 is 4.90 Å². The molecule has 4 heteroatoms. The molecule has 0 spiro atoms. The second kappa shape index (κ2) is 5.41. The molecular weight excluding hydrogens is 318 g/mol. The first kappa shape index (κ1) is 13.6. The molecule has 1 aliphatic rings. The van der Waals surface area contributed by atoms with Crippen molar-refractivity contribution in [1.82, 2.24) is 0 Å². The quantitative estimate of drug-likeness (QED) is 0.732. The number of rotatable bonds is 2. The number of hydrogen-bond acceptors (Lipinski definition) is 2. The number of thioether (sulfide) groups is 1. The van der Waals surface area contributed by atoms with Crippen LogP contribution in [0.15, 0.2) is 22.7 Å². The van der Waals surface area contributed by atoms with E-state index in [0.29, 0.717) is 10.6 Å². The number of alkyl halides is 1. The van der Waals surface area contributed by atoms with Gasteiger partial charge >= 0.3 is 0 Å². The Labute approximate surface area is 121 Å². The van der Waals surface area contributed by atoms with Crippen LogP contribution in [0.4, 0.5) is 5.69 Å². The Balaban J connectivity index is 2.29.